The van der Waals surface area contributed by atoms with Crippen LogP contribution in [0, 0.1) is 34.3 Å². The third-order valence-corrected chi connectivity index (χ3v) is 8.40. The summed E-state index contributed by atoms with van der Waals surface area (Å²) < 4.78 is 34.4. The van der Waals surface area contributed by atoms with E-state index in [4.69, 9.17) is 25.5 Å². The summed E-state index contributed by atoms with van der Waals surface area (Å²) in [6.45, 7) is 0.859. The van der Waals surface area contributed by atoms with Gasteiger partial charge in [-0.15, -0.1) is 0 Å². The highest BCUT2D eigenvalue weighted by Gasteiger charge is 2.09. The molecule has 0 atom stereocenters. The van der Waals surface area contributed by atoms with Crippen LogP contribution in [0.25, 0.3) is 44.5 Å². The highest BCUT2D eigenvalue weighted by Crippen LogP contribution is 2.30. The van der Waals surface area contributed by atoms with E-state index in [9.17, 15) is 13.9 Å². The lowest BCUT2D eigenvalue weighted by atomic mass is 9.99. The molecule has 9 heteroatoms. The van der Waals surface area contributed by atoms with E-state index in [-0.39, 0.29) is 24.0 Å². The summed E-state index contributed by atoms with van der Waals surface area (Å²) >= 11 is 3.15. The molecule has 0 bridgehead atoms. The highest BCUT2D eigenvalue weighted by molar-refractivity contribution is 9.09. The van der Waals surface area contributed by atoms with Crippen LogP contribution in [0.3, 0.4) is 0 Å². The standard InChI is InChI=1S/C22H18FNO2.C19H12FNO.C3H7BrO/c23-22-14-19(17-6-9-20(10-7-17)26-13-1-12-25)8-11-21(22)18-4-2-16(15-24)3-5-18;20-19-11-16(14-5-8-17(22)9-6-14)7-10-18(19)15-3-1-13(12-21)2-4-15;4-2-1-3-5/h2-11,14,25H,1,12-13H2;1-11,22H;5H,1-3H2. The van der Waals surface area contributed by atoms with Crippen molar-refractivity contribution in [2.75, 3.05) is 25.2 Å². The van der Waals surface area contributed by atoms with Crippen LogP contribution in [0.1, 0.15) is 24.0 Å². The topological polar surface area (TPSA) is 118 Å². The maximum atomic E-state index is 14.6. The number of aliphatic hydroxyl groups is 2. The molecule has 0 fully saturated rings. The molecule has 53 heavy (non-hydrogen) atoms. The number of hydrogen-bond donors (Lipinski definition) is 3. The predicted octanol–water partition coefficient (Wildman–Crippen LogP) is 10.3. The second-order valence-corrected chi connectivity index (χ2v) is 12.3. The first-order valence-electron chi connectivity index (χ1n) is 16.7. The zero-order valence-electron chi connectivity index (χ0n) is 28.7. The van der Waals surface area contributed by atoms with Crippen molar-refractivity contribution < 1.29 is 28.8 Å². The van der Waals surface area contributed by atoms with E-state index in [2.05, 4.69) is 22.0 Å². The van der Waals surface area contributed by atoms with Crippen LogP contribution < -0.4 is 4.74 Å². The van der Waals surface area contributed by atoms with Gasteiger partial charge in [-0.3, -0.25) is 0 Å². The summed E-state index contributed by atoms with van der Waals surface area (Å²) in [6, 6.07) is 42.0. The highest BCUT2D eigenvalue weighted by atomic mass is 79.9. The van der Waals surface area contributed by atoms with Crippen molar-refractivity contribution in [1.29, 1.82) is 10.5 Å². The van der Waals surface area contributed by atoms with Crippen molar-refractivity contribution in [2.45, 2.75) is 12.8 Å². The van der Waals surface area contributed by atoms with Gasteiger partial charge in [-0.1, -0.05) is 88.7 Å². The quantitative estimate of drug-likeness (QED) is 0.0942. The first kappa shape index (κ1) is 39.9. The van der Waals surface area contributed by atoms with Crippen molar-refractivity contribution in [3.63, 3.8) is 0 Å². The van der Waals surface area contributed by atoms with Gasteiger partial charge in [-0.25, -0.2) is 8.78 Å². The molecule has 0 aliphatic heterocycles. The number of benzene rings is 6. The van der Waals surface area contributed by atoms with Gasteiger partial charge in [0, 0.05) is 36.1 Å². The lowest BCUT2D eigenvalue weighted by molar-refractivity contribution is 0.233. The second-order valence-electron chi connectivity index (χ2n) is 11.5. The molecule has 3 N–H and O–H groups in total. The minimum atomic E-state index is -0.324. The first-order valence-corrected chi connectivity index (χ1v) is 17.8. The monoisotopic (exact) mass is 774 g/mol. The van der Waals surface area contributed by atoms with E-state index in [1.165, 1.54) is 12.1 Å². The molecular weight excluding hydrogens is 738 g/mol. The third kappa shape index (κ3) is 11.8. The second kappa shape index (κ2) is 20.9. The van der Waals surface area contributed by atoms with Crippen molar-refractivity contribution in [1.82, 2.24) is 0 Å². The molecule has 0 spiro atoms. The Labute approximate surface area is 316 Å². The number of halogens is 3. The van der Waals surface area contributed by atoms with E-state index in [1.807, 2.05) is 42.5 Å². The lowest BCUT2D eigenvalue weighted by Crippen LogP contribution is -1.99. The van der Waals surface area contributed by atoms with Gasteiger partial charge in [0.2, 0.25) is 0 Å². The Morgan fingerprint density at radius 2 is 0.925 bits per heavy atom. The third-order valence-electron chi connectivity index (χ3n) is 7.84. The van der Waals surface area contributed by atoms with Crippen LogP contribution in [-0.2, 0) is 0 Å². The maximum absolute atomic E-state index is 14.6. The van der Waals surface area contributed by atoms with Gasteiger partial charge in [0.15, 0.2) is 0 Å². The molecular formula is C44H37BrF2N2O4. The molecule has 0 heterocycles. The van der Waals surface area contributed by atoms with E-state index < -0.39 is 0 Å². The molecule has 0 saturated heterocycles. The Morgan fingerprint density at radius 1 is 0.528 bits per heavy atom. The Bertz CT molecular complexity index is 2130. The van der Waals surface area contributed by atoms with Crippen LogP contribution in [0.15, 0.2) is 133 Å². The van der Waals surface area contributed by atoms with Crippen molar-refractivity contribution in [2.24, 2.45) is 0 Å². The van der Waals surface area contributed by atoms with E-state index in [1.54, 1.807) is 84.9 Å². The van der Waals surface area contributed by atoms with Gasteiger partial charge >= 0.3 is 0 Å². The Kier molecular flexibility index (Phi) is 15.7. The van der Waals surface area contributed by atoms with Crippen LogP contribution in [0.4, 0.5) is 8.78 Å². The molecule has 0 aromatic heterocycles. The minimum absolute atomic E-state index is 0.100. The molecule has 0 aliphatic carbocycles. The average molecular weight is 776 g/mol. The zero-order chi connectivity index (χ0) is 38.0. The van der Waals surface area contributed by atoms with Crippen molar-refractivity contribution in [3.05, 3.63) is 156 Å². The molecule has 6 aromatic carbocycles. The Hall–Kier alpha value is -5.84. The number of ether oxygens (including phenoxy) is 1. The molecule has 6 aromatic rings. The summed E-state index contributed by atoms with van der Waals surface area (Å²) in [7, 11) is 0. The molecule has 0 aliphatic rings. The van der Waals surface area contributed by atoms with Gasteiger partial charge in [0.25, 0.3) is 0 Å². The van der Waals surface area contributed by atoms with Crippen molar-refractivity contribution in [3.8, 4) is 68.1 Å². The largest absolute Gasteiger partial charge is 0.508 e. The van der Waals surface area contributed by atoms with Crippen LogP contribution >= 0.6 is 15.9 Å². The fourth-order valence-electron chi connectivity index (χ4n) is 5.02. The van der Waals surface area contributed by atoms with E-state index in [0.29, 0.717) is 41.9 Å². The van der Waals surface area contributed by atoms with Gasteiger partial charge in [-0.2, -0.15) is 10.5 Å². The smallest absolute Gasteiger partial charge is 0.131 e. The summed E-state index contributed by atoms with van der Waals surface area (Å²) in [5, 5.41) is 44.6. The molecule has 0 radical (unpaired) electrons. The number of phenolic OH excluding ortho intramolecular Hbond substituents is 1. The number of hydrogen-bond acceptors (Lipinski definition) is 6. The molecule has 0 amide bonds. The summed E-state index contributed by atoms with van der Waals surface area (Å²) in [4.78, 5) is 0. The van der Waals surface area contributed by atoms with Crippen LogP contribution in [0.2, 0.25) is 0 Å². The molecule has 0 saturated carbocycles. The van der Waals surface area contributed by atoms with E-state index >= 15 is 0 Å². The Balaban J connectivity index is 0.000000212. The van der Waals surface area contributed by atoms with Gasteiger partial charge in [-0.05, 0) is 100 Å². The van der Waals surface area contributed by atoms with Gasteiger partial charge in [0.05, 0.1) is 29.9 Å². The number of nitrogens with zero attached hydrogens (tertiary/aromatic N) is 2. The van der Waals surface area contributed by atoms with Crippen LogP contribution in [-0.4, -0.2) is 40.5 Å². The van der Waals surface area contributed by atoms with Gasteiger partial charge in [0.1, 0.15) is 23.1 Å². The fraction of sp³-hybridized carbons (Fsp3) is 0.136. The lowest BCUT2D eigenvalue weighted by Gasteiger charge is -2.09. The number of nitriles is 2. The number of alkyl halides is 1. The number of phenols is 1. The van der Waals surface area contributed by atoms with Crippen LogP contribution in [0.5, 0.6) is 11.5 Å². The average Bonchev–Trinajstić information content (AvgIpc) is 3.19. The molecule has 6 nitrogen and oxygen atoms in total. The molecule has 6 rings (SSSR count). The maximum Gasteiger partial charge on any atom is 0.131 e. The molecule has 268 valence electrons. The number of rotatable bonds is 10. The summed E-state index contributed by atoms with van der Waals surface area (Å²) in [6.07, 6.45) is 1.45. The summed E-state index contributed by atoms with van der Waals surface area (Å²) in [5.74, 6) is 0.265. The number of aromatic hydroxyl groups is 1. The Morgan fingerprint density at radius 3 is 1.28 bits per heavy atom. The molecule has 0 unspecified atom stereocenters. The normalized spacial score (nSPS) is 10.1. The minimum Gasteiger partial charge on any atom is -0.508 e. The van der Waals surface area contributed by atoms with Gasteiger partial charge < -0.3 is 20.1 Å². The number of aliphatic hydroxyl groups excluding tert-OH is 2. The zero-order valence-corrected chi connectivity index (χ0v) is 30.3. The first-order chi connectivity index (χ1) is 25.8. The predicted molar refractivity (Wildman–Crippen MR) is 208 cm³/mol. The van der Waals surface area contributed by atoms with Crippen molar-refractivity contribution >= 4 is 15.9 Å². The summed E-state index contributed by atoms with van der Waals surface area (Å²) in [5.41, 5.74) is 6.81. The fourth-order valence-corrected chi connectivity index (χ4v) is 5.27. The SMILES string of the molecule is N#Cc1ccc(-c2ccc(-c3ccc(O)cc3)cc2F)cc1.N#Cc1ccc(-c2ccc(-c3ccc(OCCCO)cc3)cc2F)cc1.OCCCBr. The van der Waals surface area contributed by atoms with E-state index in [0.717, 1.165) is 50.9 Å².